The van der Waals surface area contributed by atoms with E-state index in [0.29, 0.717) is 10.6 Å². The summed E-state index contributed by atoms with van der Waals surface area (Å²) in [5, 5.41) is 3.39. The van der Waals surface area contributed by atoms with Crippen LogP contribution >= 0.6 is 11.3 Å². The highest BCUT2D eigenvalue weighted by Crippen LogP contribution is 2.38. The van der Waals surface area contributed by atoms with Crippen molar-refractivity contribution in [1.82, 2.24) is 0 Å². The molecule has 0 bridgehead atoms. The summed E-state index contributed by atoms with van der Waals surface area (Å²) in [7, 11) is 0. The van der Waals surface area contributed by atoms with Gasteiger partial charge in [0.1, 0.15) is 24.0 Å². The van der Waals surface area contributed by atoms with Gasteiger partial charge in [-0.05, 0) is 68.4 Å². The van der Waals surface area contributed by atoms with Crippen molar-refractivity contribution in [2.75, 3.05) is 18.5 Å². The van der Waals surface area contributed by atoms with Gasteiger partial charge in [0.2, 0.25) is 5.91 Å². The topological polar surface area (TPSA) is 64.6 Å². The number of thiophene rings is 1. The van der Waals surface area contributed by atoms with E-state index in [2.05, 4.69) is 11.4 Å². The zero-order valence-corrected chi connectivity index (χ0v) is 16.8. The number of amides is 1. The monoisotopic (exact) mass is 387 g/mol. The van der Waals surface area contributed by atoms with E-state index in [0.717, 1.165) is 48.1 Å². The van der Waals surface area contributed by atoms with Crippen LogP contribution in [0.15, 0.2) is 18.2 Å². The summed E-state index contributed by atoms with van der Waals surface area (Å²) in [6.45, 7) is 5.93. The molecule has 2 aromatic rings. The Morgan fingerprint density at radius 1 is 1.07 bits per heavy atom. The number of fused-ring (bicyclic) bond motifs is 1. The normalized spacial score (nSPS) is 13.0. The van der Waals surface area contributed by atoms with E-state index in [-0.39, 0.29) is 25.1 Å². The first-order valence-electron chi connectivity index (χ1n) is 9.24. The predicted molar refractivity (Wildman–Crippen MR) is 107 cm³/mol. The average molecular weight is 388 g/mol. The van der Waals surface area contributed by atoms with Crippen molar-refractivity contribution >= 4 is 28.2 Å². The quantitative estimate of drug-likeness (QED) is 0.588. The Balaban J connectivity index is 1.63. The fourth-order valence-corrected chi connectivity index (χ4v) is 4.74. The second-order valence-corrected chi connectivity index (χ2v) is 8.01. The van der Waals surface area contributed by atoms with Gasteiger partial charge in [-0.2, -0.15) is 0 Å². The molecular weight excluding hydrogens is 362 g/mol. The number of rotatable bonds is 6. The van der Waals surface area contributed by atoms with Crippen LogP contribution in [-0.4, -0.2) is 25.1 Å². The summed E-state index contributed by atoms with van der Waals surface area (Å²) < 4.78 is 11.1. The number of carbonyl (C=O) groups excluding carboxylic acids is 2. The maximum absolute atomic E-state index is 12.7. The standard InChI is InChI=1S/C21H25NO4S/c1-13-10-14(2)12-16(11-13)25-8-9-26-21(24)19-17-6-4-5-7-18(17)27-20(19)22-15(3)23/h10-12H,4-9H2,1-3H3,(H,22,23). The molecule has 0 atom stereocenters. The number of benzene rings is 1. The van der Waals surface area contributed by atoms with Crippen LogP contribution in [0.4, 0.5) is 5.00 Å². The number of anilines is 1. The van der Waals surface area contributed by atoms with Crippen molar-refractivity contribution in [2.24, 2.45) is 0 Å². The molecule has 27 heavy (non-hydrogen) atoms. The maximum Gasteiger partial charge on any atom is 0.341 e. The SMILES string of the molecule is CC(=O)Nc1sc2c(c1C(=O)OCCOc1cc(C)cc(C)c1)CCCC2. The highest BCUT2D eigenvalue weighted by molar-refractivity contribution is 7.17. The summed E-state index contributed by atoms with van der Waals surface area (Å²) in [6.07, 6.45) is 3.98. The number of esters is 1. The van der Waals surface area contributed by atoms with Crippen molar-refractivity contribution in [3.05, 3.63) is 45.3 Å². The van der Waals surface area contributed by atoms with Crippen molar-refractivity contribution < 1.29 is 19.1 Å². The van der Waals surface area contributed by atoms with Crippen LogP contribution in [0.2, 0.25) is 0 Å². The molecule has 0 aliphatic heterocycles. The molecule has 1 amide bonds. The van der Waals surface area contributed by atoms with Crippen LogP contribution in [0.1, 0.15) is 51.7 Å². The van der Waals surface area contributed by atoms with E-state index in [1.807, 2.05) is 26.0 Å². The molecule has 1 aromatic carbocycles. The summed E-state index contributed by atoms with van der Waals surface area (Å²) in [4.78, 5) is 25.4. The van der Waals surface area contributed by atoms with Crippen LogP contribution in [-0.2, 0) is 22.4 Å². The van der Waals surface area contributed by atoms with Crippen LogP contribution in [0.25, 0.3) is 0 Å². The van der Waals surface area contributed by atoms with Crippen molar-refractivity contribution in [3.63, 3.8) is 0 Å². The van der Waals surface area contributed by atoms with E-state index in [1.165, 1.54) is 23.1 Å². The van der Waals surface area contributed by atoms with Gasteiger partial charge < -0.3 is 14.8 Å². The first-order chi connectivity index (χ1) is 12.9. The lowest BCUT2D eigenvalue weighted by molar-refractivity contribution is -0.114. The van der Waals surface area contributed by atoms with Crippen LogP contribution in [0.3, 0.4) is 0 Å². The molecule has 1 N–H and O–H groups in total. The predicted octanol–water partition coefficient (Wildman–Crippen LogP) is 4.44. The first kappa shape index (κ1) is 19.4. The molecule has 0 saturated heterocycles. The third kappa shape index (κ3) is 4.89. The molecule has 0 radical (unpaired) electrons. The smallest absolute Gasteiger partial charge is 0.341 e. The van der Waals surface area contributed by atoms with Crippen LogP contribution in [0, 0.1) is 13.8 Å². The summed E-state index contributed by atoms with van der Waals surface area (Å²) in [5.74, 6) is 0.207. The largest absolute Gasteiger partial charge is 0.490 e. The minimum absolute atomic E-state index is 0.163. The molecule has 3 rings (SSSR count). The fraction of sp³-hybridized carbons (Fsp3) is 0.429. The molecule has 5 nitrogen and oxygen atoms in total. The van der Waals surface area contributed by atoms with Crippen molar-refractivity contribution in [1.29, 1.82) is 0 Å². The summed E-state index contributed by atoms with van der Waals surface area (Å²) >= 11 is 1.49. The number of hydrogen-bond acceptors (Lipinski definition) is 5. The van der Waals surface area contributed by atoms with E-state index in [1.54, 1.807) is 0 Å². The Kier molecular flexibility index (Phi) is 6.16. The lowest BCUT2D eigenvalue weighted by atomic mass is 9.95. The number of ether oxygens (including phenoxy) is 2. The van der Waals surface area contributed by atoms with Gasteiger partial charge >= 0.3 is 5.97 Å². The number of nitrogens with one attached hydrogen (secondary N) is 1. The Hall–Kier alpha value is -2.34. The molecule has 1 aliphatic carbocycles. The molecule has 1 heterocycles. The minimum atomic E-state index is -0.387. The molecule has 1 aliphatic rings. The Morgan fingerprint density at radius 2 is 1.78 bits per heavy atom. The van der Waals surface area contributed by atoms with E-state index >= 15 is 0 Å². The van der Waals surface area contributed by atoms with Gasteiger partial charge in [-0.15, -0.1) is 11.3 Å². The molecule has 0 unspecified atom stereocenters. The molecule has 1 aromatic heterocycles. The highest BCUT2D eigenvalue weighted by Gasteiger charge is 2.26. The molecule has 6 heteroatoms. The van der Waals surface area contributed by atoms with Crippen molar-refractivity contribution in [3.8, 4) is 5.75 Å². The summed E-state index contributed by atoms with van der Waals surface area (Å²) in [5.41, 5.74) is 3.82. The first-order valence-corrected chi connectivity index (χ1v) is 10.1. The molecule has 0 fully saturated rings. The second-order valence-electron chi connectivity index (χ2n) is 6.90. The zero-order valence-electron chi connectivity index (χ0n) is 16.0. The minimum Gasteiger partial charge on any atom is -0.490 e. The third-order valence-electron chi connectivity index (χ3n) is 4.45. The molecule has 0 saturated carbocycles. The zero-order chi connectivity index (χ0) is 19.4. The Morgan fingerprint density at radius 3 is 2.48 bits per heavy atom. The number of carbonyl (C=O) groups is 2. The fourth-order valence-electron chi connectivity index (χ4n) is 3.41. The van der Waals surface area contributed by atoms with Gasteiger partial charge in [0.15, 0.2) is 0 Å². The molecule has 144 valence electrons. The average Bonchev–Trinajstić information content (AvgIpc) is 2.94. The van der Waals surface area contributed by atoms with Gasteiger partial charge in [0.25, 0.3) is 0 Å². The maximum atomic E-state index is 12.7. The lowest BCUT2D eigenvalue weighted by Crippen LogP contribution is -2.16. The number of hydrogen-bond donors (Lipinski definition) is 1. The van der Waals surface area contributed by atoms with Gasteiger partial charge in [0, 0.05) is 11.8 Å². The second kappa shape index (κ2) is 8.57. The Bertz CT molecular complexity index is 836. The highest BCUT2D eigenvalue weighted by atomic mass is 32.1. The van der Waals surface area contributed by atoms with Crippen molar-refractivity contribution in [2.45, 2.75) is 46.5 Å². The van der Waals surface area contributed by atoms with Crippen LogP contribution in [0.5, 0.6) is 5.75 Å². The Labute approximate surface area is 163 Å². The van der Waals surface area contributed by atoms with Crippen LogP contribution < -0.4 is 10.1 Å². The third-order valence-corrected chi connectivity index (χ3v) is 5.65. The molecule has 0 spiro atoms. The number of aryl methyl sites for hydroxylation is 3. The van der Waals surface area contributed by atoms with E-state index in [9.17, 15) is 9.59 Å². The van der Waals surface area contributed by atoms with Gasteiger partial charge in [-0.25, -0.2) is 4.79 Å². The van der Waals surface area contributed by atoms with E-state index < -0.39 is 0 Å². The molecular formula is C21H25NO4S. The van der Waals surface area contributed by atoms with Gasteiger partial charge in [-0.1, -0.05) is 6.07 Å². The van der Waals surface area contributed by atoms with E-state index in [4.69, 9.17) is 9.47 Å². The summed E-state index contributed by atoms with van der Waals surface area (Å²) in [6, 6.07) is 5.99. The van der Waals surface area contributed by atoms with Gasteiger partial charge in [0.05, 0.1) is 5.56 Å². The van der Waals surface area contributed by atoms with Gasteiger partial charge in [-0.3, -0.25) is 4.79 Å². The lowest BCUT2D eigenvalue weighted by Gasteiger charge is -2.13.